The van der Waals surface area contributed by atoms with Crippen molar-refractivity contribution in [3.8, 4) is 0 Å². The lowest BCUT2D eigenvalue weighted by molar-refractivity contribution is 0.258. The fraction of sp³-hybridized carbons (Fsp3) is 0.474. The molecule has 0 amide bonds. The summed E-state index contributed by atoms with van der Waals surface area (Å²) in [5.74, 6) is 0.903. The van der Waals surface area contributed by atoms with Crippen molar-refractivity contribution in [2.24, 2.45) is 11.3 Å². The molecule has 20 heavy (non-hydrogen) atoms. The first-order valence-corrected chi connectivity index (χ1v) is 7.90. The van der Waals surface area contributed by atoms with Gasteiger partial charge in [-0.1, -0.05) is 56.3 Å². The second kappa shape index (κ2) is 5.57. The Labute approximate surface area is 122 Å². The van der Waals surface area contributed by atoms with Gasteiger partial charge in [0.25, 0.3) is 0 Å². The molecule has 1 N–H and O–H groups in total. The van der Waals surface area contributed by atoms with Gasteiger partial charge in [-0.2, -0.15) is 0 Å². The summed E-state index contributed by atoms with van der Waals surface area (Å²) in [5, 5.41) is 6.37. The maximum atomic E-state index is 3.58. The van der Waals surface area contributed by atoms with Gasteiger partial charge in [-0.25, -0.2) is 0 Å². The number of hydrogen-bond acceptors (Lipinski definition) is 1. The summed E-state index contributed by atoms with van der Waals surface area (Å²) in [6.45, 7) is 6.87. The van der Waals surface area contributed by atoms with Crippen LogP contribution in [0.25, 0.3) is 10.8 Å². The van der Waals surface area contributed by atoms with Crippen LogP contribution < -0.4 is 5.32 Å². The quantitative estimate of drug-likeness (QED) is 0.817. The molecule has 0 aliphatic heterocycles. The van der Waals surface area contributed by atoms with Gasteiger partial charge in [0.15, 0.2) is 0 Å². The fourth-order valence-corrected chi connectivity index (χ4v) is 3.42. The zero-order chi connectivity index (χ0) is 14.0. The van der Waals surface area contributed by atoms with Gasteiger partial charge in [0, 0.05) is 6.54 Å². The molecule has 1 nitrogen and oxygen atoms in total. The van der Waals surface area contributed by atoms with Gasteiger partial charge in [0.05, 0.1) is 0 Å². The first-order valence-electron chi connectivity index (χ1n) is 7.90. The summed E-state index contributed by atoms with van der Waals surface area (Å²) in [5.41, 5.74) is 1.91. The van der Waals surface area contributed by atoms with Gasteiger partial charge in [-0.15, -0.1) is 0 Å². The molecule has 3 rings (SSSR count). The standard InChI is InChI=1S/C19H25N/c1-3-20-14-19(2,17-11-12-17)13-16-9-6-8-15-7-4-5-10-18(15)16/h4-10,17,20H,3,11-14H2,1-2H3. The smallest absolute Gasteiger partial charge is 0.00109 e. The average molecular weight is 267 g/mol. The van der Waals surface area contributed by atoms with Crippen LogP contribution in [0.3, 0.4) is 0 Å². The Balaban J connectivity index is 1.90. The first-order chi connectivity index (χ1) is 9.73. The van der Waals surface area contributed by atoms with Crippen molar-refractivity contribution < 1.29 is 0 Å². The normalized spacial score (nSPS) is 18.1. The zero-order valence-electron chi connectivity index (χ0n) is 12.7. The van der Waals surface area contributed by atoms with Crippen LogP contribution in [0, 0.1) is 11.3 Å². The van der Waals surface area contributed by atoms with E-state index in [1.165, 1.54) is 35.6 Å². The summed E-state index contributed by atoms with van der Waals surface area (Å²) < 4.78 is 0. The second-order valence-corrected chi connectivity index (χ2v) is 6.52. The third-order valence-electron chi connectivity index (χ3n) is 4.82. The Morgan fingerprint density at radius 1 is 1.10 bits per heavy atom. The molecule has 0 radical (unpaired) electrons. The van der Waals surface area contributed by atoms with E-state index in [1.807, 2.05) is 0 Å². The van der Waals surface area contributed by atoms with E-state index in [-0.39, 0.29) is 0 Å². The van der Waals surface area contributed by atoms with E-state index in [2.05, 4.69) is 61.6 Å². The molecule has 1 fully saturated rings. The van der Waals surface area contributed by atoms with Crippen molar-refractivity contribution in [3.05, 3.63) is 48.0 Å². The molecule has 1 atom stereocenters. The molecule has 0 saturated heterocycles. The SMILES string of the molecule is CCNCC(C)(Cc1cccc2ccccc12)C1CC1. The van der Waals surface area contributed by atoms with Crippen molar-refractivity contribution in [1.82, 2.24) is 5.32 Å². The van der Waals surface area contributed by atoms with Gasteiger partial charge in [-0.3, -0.25) is 0 Å². The molecule has 1 heteroatoms. The van der Waals surface area contributed by atoms with Crippen molar-refractivity contribution in [2.75, 3.05) is 13.1 Å². The monoisotopic (exact) mass is 267 g/mol. The average Bonchev–Trinajstić information content (AvgIpc) is 3.31. The maximum Gasteiger partial charge on any atom is 0.00109 e. The van der Waals surface area contributed by atoms with E-state index in [4.69, 9.17) is 0 Å². The van der Waals surface area contributed by atoms with Crippen LogP contribution in [0.2, 0.25) is 0 Å². The van der Waals surface area contributed by atoms with Crippen molar-refractivity contribution in [3.63, 3.8) is 0 Å². The summed E-state index contributed by atoms with van der Waals surface area (Å²) in [6, 6.07) is 15.5. The minimum Gasteiger partial charge on any atom is -0.316 e. The highest BCUT2D eigenvalue weighted by Crippen LogP contribution is 2.47. The minimum absolute atomic E-state index is 0.403. The molecule has 1 unspecified atom stereocenters. The molecule has 0 bridgehead atoms. The fourth-order valence-electron chi connectivity index (χ4n) is 3.42. The van der Waals surface area contributed by atoms with Crippen LogP contribution in [0.4, 0.5) is 0 Å². The minimum atomic E-state index is 0.403. The Morgan fingerprint density at radius 3 is 2.60 bits per heavy atom. The van der Waals surface area contributed by atoms with E-state index in [0.29, 0.717) is 5.41 Å². The van der Waals surface area contributed by atoms with Crippen LogP contribution in [0.1, 0.15) is 32.3 Å². The van der Waals surface area contributed by atoms with Crippen LogP contribution in [-0.4, -0.2) is 13.1 Å². The highest BCUT2D eigenvalue weighted by Gasteiger charge is 2.41. The van der Waals surface area contributed by atoms with Crippen molar-refractivity contribution in [2.45, 2.75) is 33.1 Å². The van der Waals surface area contributed by atoms with E-state index < -0.39 is 0 Å². The molecule has 0 spiro atoms. The van der Waals surface area contributed by atoms with Crippen LogP contribution in [-0.2, 0) is 6.42 Å². The van der Waals surface area contributed by atoms with Gasteiger partial charge < -0.3 is 5.32 Å². The molecular weight excluding hydrogens is 242 g/mol. The number of hydrogen-bond donors (Lipinski definition) is 1. The van der Waals surface area contributed by atoms with E-state index >= 15 is 0 Å². The highest BCUT2D eigenvalue weighted by atomic mass is 14.9. The van der Waals surface area contributed by atoms with Crippen molar-refractivity contribution >= 4 is 10.8 Å². The number of rotatable bonds is 6. The number of nitrogens with one attached hydrogen (secondary N) is 1. The molecule has 2 aromatic rings. The van der Waals surface area contributed by atoms with Gasteiger partial charge in [0.2, 0.25) is 0 Å². The molecule has 0 heterocycles. The predicted molar refractivity (Wildman–Crippen MR) is 87.0 cm³/mol. The second-order valence-electron chi connectivity index (χ2n) is 6.52. The maximum absolute atomic E-state index is 3.58. The first kappa shape index (κ1) is 13.6. The lowest BCUT2D eigenvalue weighted by atomic mass is 9.78. The Kier molecular flexibility index (Phi) is 3.80. The molecule has 1 aliphatic rings. The Hall–Kier alpha value is -1.34. The molecular formula is C19H25N. The lowest BCUT2D eigenvalue weighted by Crippen LogP contribution is -2.35. The predicted octanol–water partition coefficient (Wildman–Crippen LogP) is 4.41. The summed E-state index contributed by atoms with van der Waals surface area (Å²) in [6.07, 6.45) is 4.01. The summed E-state index contributed by atoms with van der Waals surface area (Å²) in [7, 11) is 0. The van der Waals surface area contributed by atoms with Gasteiger partial charge in [0.1, 0.15) is 0 Å². The Bertz CT molecular complexity index is 580. The third kappa shape index (κ3) is 2.73. The summed E-state index contributed by atoms with van der Waals surface area (Å²) in [4.78, 5) is 0. The van der Waals surface area contributed by atoms with E-state index in [9.17, 15) is 0 Å². The molecule has 106 valence electrons. The van der Waals surface area contributed by atoms with E-state index in [0.717, 1.165) is 19.0 Å². The Morgan fingerprint density at radius 2 is 1.85 bits per heavy atom. The van der Waals surface area contributed by atoms with E-state index in [1.54, 1.807) is 0 Å². The number of fused-ring (bicyclic) bond motifs is 1. The topological polar surface area (TPSA) is 12.0 Å². The molecule has 1 saturated carbocycles. The van der Waals surface area contributed by atoms with Crippen LogP contribution in [0.15, 0.2) is 42.5 Å². The van der Waals surface area contributed by atoms with Crippen LogP contribution >= 0.6 is 0 Å². The third-order valence-corrected chi connectivity index (χ3v) is 4.82. The molecule has 2 aromatic carbocycles. The van der Waals surface area contributed by atoms with Crippen molar-refractivity contribution in [1.29, 1.82) is 0 Å². The van der Waals surface area contributed by atoms with Gasteiger partial charge >= 0.3 is 0 Å². The lowest BCUT2D eigenvalue weighted by Gasteiger charge is -2.31. The summed E-state index contributed by atoms with van der Waals surface area (Å²) >= 11 is 0. The molecule has 0 aromatic heterocycles. The molecule has 1 aliphatic carbocycles. The largest absolute Gasteiger partial charge is 0.316 e. The highest BCUT2D eigenvalue weighted by molar-refractivity contribution is 5.85. The van der Waals surface area contributed by atoms with Crippen LogP contribution in [0.5, 0.6) is 0 Å². The number of benzene rings is 2. The zero-order valence-corrected chi connectivity index (χ0v) is 12.7. The van der Waals surface area contributed by atoms with Gasteiger partial charge in [-0.05, 0) is 53.5 Å².